The van der Waals surface area contributed by atoms with Crippen LogP contribution in [0.3, 0.4) is 0 Å². The van der Waals surface area contributed by atoms with Crippen molar-refractivity contribution in [3.8, 4) is 5.75 Å². The molecular formula is C25H34N2O3. The molecule has 0 bridgehead atoms. The number of carbonyl (C=O) groups excluding carboxylic acids is 2. The second kappa shape index (κ2) is 11.4. The van der Waals surface area contributed by atoms with Crippen LogP contribution in [-0.2, 0) is 22.6 Å². The van der Waals surface area contributed by atoms with Crippen molar-refractivity contribution in [3.05, 3.63) is 65.2 Å². The Hall–Kier alpha value is -2.82. The number of benzene rings is 2. The van der Waals surface area contributed by atoms with E-state index >= 15 is 0 Å². The monoisotopic (exact) mass is 410 g/mol. The highest BCUT2D eigenvalue weighted by Gasteiger charge is 2.29. The van der Waals surface area contributed by atoms with Gasteiger partial charge in [-0.15, -0.1) is 0 Å². The maximum absolute atomic E-state index is 13.3. The van der Waals surface area contributed by atoms with E-state index < -0.39 is 6.04 Å². The average Bonchev–Trinajstić information content (AvgIpc) is 2.75. The number of nitrogens with zero attached hydrogens (tertiary/aromatic N) is 1. The molecule has 0 spiro atoms. The summed E-state index contributed by atoms with van der Waals surface area (Å²) in [5, 5.41) is 3.04. The zero-order valence-corrected chi connectivity index (χ0v) is 18.8. The zero-order valence-electron chi connectivity index (χ0n) is 18.8. The van der Waals surface area contributed by atoms with Gasteiger partial charge >= 0.3 is 0 Å². The number of rotatable bonds is 10. The predicted octanol–water partition coefficient (Wildman–Crippen LogP) is 4.27. The van der Waals surface area contributed by atoms with Crippen LogP contribution in [0.15, 0.2) is 48.5 Å². The highest BCUT2D eigenvalue weighted by atomic mass is 16.5. The van der Waals surface area contributed by atoms with Gasteiger partial charge in [0.1, 0.15) is 11.8 Å². The largest absolute Gasteiger partial charge is 0.497 e. The fourth-order valence-electron chi connectivity index (χ4n) is 3.27. The normalized spacial score (nSPS) is 12.7. The van der Waals surface area contributed by atoms with E-state index in [1.807, 2.05) is 76.2 Å². The van der Waals surface area contributed by atoms with E-state index in [-0.39, 0.29) is 24.3 Å². The van der Waals surface area contributed by atoms with Gasteiger partial charge in [-0.2, -0.15) is 0 Å². The summed E-state index contributed by atoms with van der Waals surface area (Å²) in [6, 6.07) is 15.1. The molecule has 162 valence electrons. The van der Waals surface area contributed by atoms with Gasteiger partial charge in [-0.05, 0) is 49.9 Å². The lowest BCUT2D eigenvalue weighted by Crippen LogP contribution is -2.51. The summed E-state index contributed by atoms with van der Waals surface area (Å²) in [5.74, 6) is 0.594. The topological polar surface area (TPSA) is 58.6 Å². The summed E-state index contributed by atoms with van der Waals surface area (Å²) < 4.78 is 5.20. The molecule has 30 heavy (non-hydrogen) atoms. The van der Waals surface area contributed by atoms with Gasteiger partial charge in [0.05, 0.1) is 13.5 Å². The lowest BCUT2D eigenvalue weighted by Gasteiger charge is -2.31. The molecule has 2 aromatic carbocycles. The van der Waals surface area contributed by atoms with E-state index in [4.69, 9.17) is 4.74 Å². The molecule has 0 saturated heterocycles. The van der Waals surface area contributed by atoms with Gasteiger partial charge in [0.25, 0.3) is 0 Å². The summed E-state index contributed by atoms with van der Waals surface area (Å²) in [4.78, 5) is 28.0. The van der Waals surface area contributed by atoms with E-state index in [0.29, 0.717) is 13.0 Å². The molecule has 2 rings (SSSR count). The zero-order chi connectivity index (χ0) is 22.1. The van der Waals surface area contributed by atoms with Crippen molar-refractivity contribution in [2.24, 2.45) is 0 Å². The van der Waals surface area contributed by atoms with Crippen LogP contribution in [-0.4, -0.2) is 35.9 Å². The molecule has 0 aliphatic carbocycles. The van der Waals surface area contributed by atoms with Gasteiger partial charge in [-0.25, -0.2) is 0 Å². The van der Waals surface area contributed by atoms with Crippen molar-refractivity contribution in [1.82, 2.24) is 10.2 Å². The van der Waals surface area contributed by atoms with Crippen molar-refractivity contribution in [2.75, 3.05) is 7.11 Å². The Morgan fingerprint density at radius 2 is 1.57 bits per heavy atom. The van der Waals surface area contributed by atoms with E-state index in [2.05, 4.69) is 5.32 Å². The molecule has 0 heterocycles. The maximum atomic E-state index is 13.3. The molecular weight excluding hydrogens is 376 g/mol. The first kappa shape index (κ1) is 23.5. The Balaban J connectivity index is 2.26. The van der Waals surface area contributed by atoms with E-state index in [9.17, 15) is 9.59 Å². The number of nitrogens with one attached hydrogen (secondary N) is 1. The van der Waals surface area contributed by atoms with Gasteiger partial charge in [0, 0.05) is 12.6 Å². The minimum atomic E-state index is -0.508. The highest BCUT2D eigenvalue weighted by Crippen LogP contribution is 2.17. The lowest BCUT2D eigenvalue weighted by molar-refractivity contribution is -0.141. The summed E-state index contributed by atoms with van der Waals surface area (Å²) in [5.41, 5.74) is 3.07. The van der Waals surface area contributed by atoms with Gasteiger partial charge in [0.2, 0.25) is 11.8 Å². The third-order valence-electron chi connectivity index (χ3n) is 5.37. The van der Waals surface area contributed by atoms with Gasteiger partial charge in [-0.1, -0.05) is 55.8 Å². The molecule has 0 radical (unpaired) electrons. The predicted molar refractivity (Wildman–Crippen MR) is 120 cm³/mol. The Morgan fingerprint density at radius 1 is 0.967 bits per heavy atom. The van der Waals surface area contributed by atoms with E-state index in [1.165, 1.54) is 0 Å². The number of methoxy groups -OCH3 is 1. The van der Waals surface area contributed by atoms with Gasteiger partial charge < -0.3 is 15.0 Å². The molecule has 0 aliphatic rings. The Bertz CT molecular complexity index is 815. The van der Waals surface area contributed by atoms with Crippen LogP contribution in [0, 0.1) is 6.92 Å². The number of amides is 2. The first-order valence-corrected chi connectivity index (χ1v) is 10.7. The molecule has 2 atom stereocenters. The first-order valence-electron chi connectivity index (χ1n) is 10.7. The first-order chi connectivity index (χ1) is 14.4. The molecule has 0 fully saturated rings. The molecule has 2 aromatic rings. The summed E-state index contributed by atoms with van der Waals surface area (Å²) in [7, 11) is 1.62. The summed E-state index contributed by atoms with van der Waals surface area (Å²) in [6.07, 6.45) is 1.64. The average molecular weight is 411 g/mol. The Kier molecular flexibility index (Phi) is 8.90. The highest BCUT2D eigenvalue weighted by molar-refractivity contribution is 5.88. The van der Waals surface area contributed by atoms with Crippen LogP contribution in [0.2, 0.25) is 0 Å². The van der Waals surface area contributed by atoms with E-state index in [1.54, 1.807) is 12.0 Å². The summed E-state index contributed by atoms with van der Waals surface area (Å²) in [6.45, 7) is 8.40. The Morgan fingerprint density at radius 3 is 2.10 bits per heavy atom. The minimum Gasteiger partial charge on any atom is -0.497 e. The third-order valence-corrected chi connectivity index (χ3v) is 5.37. The molecule has 0 aliphatic heterocycles. The summed E-state index contributed by atoms with van der Waals surface area (Å²) >= 11 is 0. The van der Waals surface area contributed by atoms with Crippen molar-refractivity contribution in [1.29, 1.82) is 0 Å². The van der Waals surface area contributed by atoms with Crippen LogP contribution in [0.5, 0.6) is 5.75 Å². The third kappa shape index (κ3) is 6.61. The van der Waals surface area contributed by atoms with Crippen LogP contribution >= 0.6 is 0 Å². The number of hydrogen-bond donors (Lipinski definition) is 1. The quantitative estimate of drug-likeness (QED) is 0.636. The van der Waals surface area contributed by atoms with Crippen molar-refractivity contribution >= 4 is 11.8 Å². The van der Waals surface area contributed by atoms with Crippen LogP contribution in [0.4, 0.5) is 0 Å². The number of ether oxygens (including phenoxy) is 1. The smallest absolute Gasteiger partial charge is 0.243 e. The fourth-order valence-corrected chi connectivity index (χ4v) is 3.27. The van der Waals surface area contributed by atoms with Crippen molar-refractivity contribution in [3.63, 3.8) is 0 Å². The lowest BCUT2D eigenvalue weighted by atomic mass is 10.1. The second-order valence-corrected chi connectivity index (χ2v) is 7.77. The van der Waals surface area contributed by atoms with Gasteiger partial charge in [0.15, 0.2) is 0 Å². The SMILES string of the molecule is CC[C@@H](C)NC(=O)[C@H](CC)N(Cc1ccc(C)cc1)C(=O)Cc1ccc(OC)cc1. The molecule has 1 N–H and O–H groups in total. The van der Waals surface area contributed by atoms with E-state index in [0.717, 1.165) is 28.9 Å². The number of aryl methyl sites for hydroxylation is 1. The number of hydrogen-bond acceptors (Lipinski definition) is 3. The number of carbonyl (C=O) groups is 2. The van der Waals surface area contributed by atoms with Gasteiger partial charge in [-0.3, -0.25) is 9.59 Å². The molecule has 0 saturated carbocycles. The fraction of sp³-hybridized carbons (Fsp3) is 0.440. The van der Waals surface area contributed by atoms with Crippen molar-refractivity contribution in [2.45, 2.75) is 65.6 Å². The van der Waals surface area contributed by atoms with Crippen LogP contribution in [0.25, 0.3) is 0 Å². The molecule has 0 aromatic heterocycles. The molecule has 2 amide bonds. The van der Waals surface area contributed by atoms with Crippen molar-refractivity contribution < 1.29 is 14.3 Å². The van der Waals surface area contributed by atoms with Crippen LogP contribution < -0.4 is 10.1 Å². The minimum absolute atomic E-state index is 0.0631. The Labute approximate surface area is 180 Å². The second-order valence-electron chi connectivity index (χ2n) is 7.77. The van der Waals surface area contributed by atoms with Crippen LogP contribution in [0.1, 0.15) is 50.3 Å². The molecule has 0 unspecified atom stereocenters. The molecule has 5 nitrogen and oxygen atoms in total. The molecule has 5 heteroatoms. The standard InChI is InChI=1S/C25H34N2O3/c1-6-19(4)26-25(29)23(7-2)27(17-21-10-8-18(3)9-11-21)24(28)16-20-12-14-22(30-5)15-13-20/h8-15,19,23H,6-7,16-17H2,1-5H3,(H,26,29)/t19-,23+/m1/s1. The maximum Gasteiger partial charge on any atom is 0.243 e.